The molecule has 0 saturated carbocycles. The molecule has 1 nitrogen and oxygen atoms in total. The van der Waals surface area contributed by atoms with E-state index in [9.17, 15) is 8.78 Å². The van der Waals surface area contributed by atoms with Crippen molar-refractivity contribution in [2.24, 2.45) is 5.92 Å². The van der Waals surface area contributed by atoms with Crippen molar-refractivity contribution in [3.8, 4) is 0 Å². The van der Waals surface area contributed by atoms with Crippen molar-refractivity contribution in [3.05, 3.63) is 33.8 Å². The van der Waals surface area contributed by atoms with Gasteiger partial charge in [-0.05, 0) is 59.9 Å². The van der Waals surface area contributed by atoms with Crippen LogP contribution in [0.15, 0.2) is 16.6 Å². The zero-order valence-corrected chi connectivity index (χ0v) is 9.78. The van der Waals surface area contributed by atoms with Gasteiger partial charge in [0, 0.05) is 5.56 Å². The van der Waals surface area contributed by atoms with E-state index >= 15 is 0 Å². The molecule has 4 heteroatoms. The van der Waals surface area contributed by atoms with Crippen LogP contribution in [0.3, 0.4) is 0 Å². The topological polar surface area (TPSA) is 12.0 Å². The third-order valence-corrected chi connectivity index (χ3v) is 3.41. The van der Waals surface area contributed by atoms with E-state index in [0.29, 0.717) is 16.8 Å². The standard InChI is InChI=1S/C11H12BrF2N/c12-9-1-2-10(13)8(11(9)14)5-7-3-4-15-6-7/h1-2,7,15H,3-6H2. The van der Waals surface area contributed by atoms with Gasteiger partial charge in [-0.25, -0.2) is 8.78 Å². The van der Waals surface area contributed by atoms with Gasteiger partial charge >= 0.3 is 0 Å². The van der Waals surface area contributed by atoms with Crippen LogP contribution in [-0.4, -0.2) is 13.1 Å². The molecule has 1 aromatic rings. The van der Waals surface area contributed by atoms with Crippen molar-refractivity contribution in [1.29, 1.82) is 0 Å². The predicted octanol–water partition coefficient (Wildman–Crippen LogP) is 2.88. The lowest BCUT2D eigenvalue weighted by Crippen LogP contribution is -2.12. The van der Waals surface area contributed by atoms with Crippen LogP contribution in [-0.2, 0) is 6.42 Å². The maximum absolute atomic E-state index is 13.6. The first-order valence-electron chi connectivity index (χ1n) is 5.01. The zero-order chi connectivity index (χ0) is 10.8. The van der Waals surface area contributed by atoms with Gasteiger partial charge in [-0.1, -0.05) is 0 Å². The number of benzene rings is 1. The SMILES string of the molecule is Fc1ccc(Br)c(F)c1CC1CCNC1. The van der Waals surface area contributed by atoms with E-state index in [-0.39, 0.29) is 5.56 Å². The molecule has 82 valence electrons. The molecule has 1 atom stereocenters. The molecular weight excluding hydrogens is 264 g/mol. The van der Waals surface area contributed by atoms with Gasteiger partial charge in [0.05, 0.1) is 4.47 Å². The maximum atomic E-state index is 13.6. The summed E-state index contributed by atoms with van der Waals surface area (Å²) in [4.78, 5) is 0. The average Bonchev–Trinajstić information content (AvgIpc) is 2.71. The fraction of sp³-hybridized carbons (Fsp3) is 0.455. The summed E-state index contributed by atoms with van der Waals surface area (Å²) in [5, 5.41) is 3.19. The molecule has 1 saturated heterocycles. The molecule has 0 spiro atoms. The summed E-state index contributed by atoms with van der Waals surface area (Å²) in [6, 6.07) is 2.71. The first kappa shape index (κ1) is 11.0. The Bertz CT molecular complexity index is 362. The van der Waals surface area contributed by atoms with Crippen LogP contribution in [0.25, 0.3) is 0 Å². The van der Waals surface area contributed by atoms with Crippen molar-refractivity contribution in [2.45, 2.75) is 12.8 Å². The molecule has 1 heterocycles. The molecular formula is C11H12BrF2N. The number of hydrogen-bond acceptors (Lipinski definition) is 1. The van der Waals surface area contributed by atoms with Crippen molar-refractivity contribution < 1.29 is 8.78 Å². The molecule has 1 unspecified atom stereocenters. The Morgan fingerprint density at radius 3 is 2.87 bits per heavy atom. The Hall–Kier alpha value is -0.480. The predicted molar refractivity (Wildman–Crippen MR) is 58.7 cm³/mol. The fourth-order valence-corrected chi connectivity index (χ4v) is 2.30. The summed E-state index contributed by atoms with van der Waals surface area (Å²) in [6.07, 6.45) is 1.47. The zero-order valence-electron chi connectivity index (χ0n) is 8.19. The van der Waals surface area contributed by atoms with E-state index in [1.165, 1.54) is 12.1 Å². The van der Waals surface area contributed by atoms with Gasteiger partial charge < -0.3 is 5.32 Å². The first-order chi connectivity index (χ1) is 7.18. The Kier molecular flexibility index (Phi) is 3.36. The molecule has 1 aromatic carbocycles. The largest absolute Gasteiger partial charge is 0.316 e. The molecule has 2 rings (SSSR count). The minimum absolute atomic E-state index is 0.207. The van der Waals surface area contributed by atoms with E-state index in [1.54, 1.807) is 0 Å². The molecule has 0 aromatic heterocycles. The maximum Gasteiger partial charge on any atom is 0.143 e. The molecule has 1 aliphatic heterocycles. The minimum Gasteiger partial charge on any atom is -0.316 e. The number of halogens is 3. The Morgan fingerprint density at radius 2 is 2.20 bits per heavy atom. The van der Waals surface area contributed by atoms with Crippen LogP contribution in [0.1, 0.15) is 12.0 Å². The van der Waals surface area contributed by atoms with Crippen molar-refractivity contribution in [2.75, 3.05) is 13.1 Å². The van der Waals surface area contributed by atoms with Crippen LogP contribution < -0.4 is 5.32 Å². The summed E-state index contributed by atoms with van der Waals surface area (Å²) < 4.78 is 27.3. The van der Waals surface area contributed by atoms with Crippen LogP contribution in [0.5, 0.6) is 0 Å². The van der Waals surface area contributed by atoms with Gasteiger partial charge in [0.25, 0.3) is 0 Å². The summed E-state index contributed by atoms with van der Waals surface area (Å²) in [5.41, 5.74) is 0.207. The first-order valence-corrected chi connectivity index (χ1v) is 5.81. The van der Waals surface area contributed by atoms with Gasteiger partial charge in [-0.15, -0.1) is 0 Å². The summed E-state index contributed by atoms with van der Waals surface area (Å²) in [5.74, 6) is -0.548. The molecule has 1 fully saturated rings. The van der Waals surface area contributed by atoms with Gasteiger partial charge in [0.15, 0.2) is 0 Å². The minimum atomic E-state index is -0.457. The molecule has 0 amide bonds. The lowest BCUT2D eigenvalue weighted by atomic mass is 9.98. The summed E-state index contributed by atoms with van der Waals surface area (Å²) >= 11 is 3.07. The lowest BCUT2D eigenvalue weighted by Gasteiger charge is -2.10. The number of nitrogens with one attached hydrogen (secondary N) is 1. The van der Waals surface area contributed by atoms with E-state index in [4.69, 9.17) is 0 Å². The highest BCUT2D eigenvalue weighted by Gasteiger charge is 2.20. The molecule has 0 radical (unpaired) electrons. The normalized spacial score (nSPS) is 20.9. The third-order valence-electron chi connectivity index (χ3n) is 2.79. The van der Waals surface area contributed by atoms with Crippen LogP contribution in [0.4, 0.5) is 8.78 Å². The molecule has 0 aliphatic carbocycles. The summed E-state index contributed by atoms with van der Waals surface area (Å²) in [7, 11) is 0. The second-order valence-electron chi connectivity index (χ2n) is 3.88. The number of rotatable bonds is 2. The molecule has 0 bridgehead atoms. The highest BCUT2D eigenvalue weighted by atomic mass is 79.9. The van der Waals surface area contributed by atoms with E-state index in [0.717, 1.165) is 19.5 Å². The van der Waals surface area contributed by atoms with Gasteiger partial charge in [-0.3, -0.25) is 0 Å². The van der Waals surface area contributed by atoms with Crippen LogP contribution >= 0.6 is 15.9 Å². The summed E-state index contributed by atoms with van der Waals surface area (Å²) in [6.45, 7) is 1.80. The van der Waals surface area contributed by atoms with Crippen LogP contribution in [0, 0.1) is 17.6 Å². The Balaban J connectivity index is 2.22. The van der Waals surface area contributed by atoms with Gasteiger partial charge in [0.1, 0.15) is 11.6 Å². The van der Waals surface area contributed by atoms with E-state index in [1.807, 2.05) is 0 Å². The Labute approximate surface area is 96.0 Å². The molecule has 15 heavy (non-hydrogen) atoms. The monoisotopic (exact) mass is 275 g/mol. The average molecular weight is 276 g/mol. The van der Waals surface area contributed by atoms with E-state index in [2.05, 4.69) is 21.2 Å². The van der Waals surface area contributed by atoms with Gasteiger partial charge in [-0.2, -0.15) is 0 Å². The van der Waals surface area contributed by atoms with Gasteiger partial charge in [0.2, 0.25) is 0 Å². The highest BCUT2D eigenvalue weighted by molar-refractivity contribution is 9.10. The Morgan fingerprint density at radius 1 is 1.40 bits per heavy atom. The second-order valence-corrected chi connectivity index (χ2v) is 4.74. The quantitative estimate of drug-likeness (QED) is 0.819. The van der Waals surface area contributed by atoms with Crippen molar-refractivity contribution in [1.82, 2.24) is 5.32 Å². The van der Waals surface area contributed by atoms with Crippen molar-refractivity contribution in [3.63, 3.8) is 0 Å². The lowest BCUT2D eigenvalue weighted by molar-refractivity contribution is 0.504. The molecule has 1 N–H and O–H groups in total. The van der Waals surface area contributed by atoms with E-state index < -0.39 is 11.6 Å². The molecule has 1 aliphatic rings. The number of hydrogen-bond donors (Lipinski definition) is 1. The second kappa shape index (κ2) is 4.58. The third kappa shape index (κ3) is 2.37. The van der Waals surface area contributed by atoms with Crippen molar-refractivity contribution >= 4 is 15.9 Å². The smallest absolute Gasteiger partial charge is 0.143 e. The highest BCUT2D eigenvalue weighted by Crippen LogP contribution is 2.25. The van der Waals surface area contributed by atoms with Crippen LogP contribution in [0.2, 0.25) is 0 Å². The fourth-order valence-electron chi connectivity index (χ4n) is 1.93.